The molecule has 2 aliphatic rings. The van der Waals surface area contributed by atoms with E-state index >= 15 is 0 Å². The fraction of sp³-hybridized carbons (Fsp3) is 0.391. The molecule has 2 fully saturated rings. The van der Waals surface area contributed by atoms with Crippen molar-refractivity contribution in [2.24, 2.45) is 0 Å². The zero-order valence-corrected chi connectivity index (χ0v) is 19.2. The van der Waals surface area contributed by atoms with Crippen LogP contribution in [-0.4, -0.2) is 55.5 Å². The summed E-state index contributed by atoms with van der Waals surface area (Å²) >= 11 is 3.57. The van der Waals surface area contributed by atoms with Crippen molar-refractivity contribution in [1.29, 1.82) is 0 Å². The Morgan fingerprint density at radius 3 is 2.75 bits per heavy atom. The maximum absolute atomic E-state index is 14.8. The molecule has 0 saturated carbocycles. The maximum atomic E-state index is 14.8. The molecule has 3 aromatic rings. The van der Waals surface area contributed by atoms with Crippen LogP contribution in [0.3, 0.4) is 0 Å². The number of ether oxygens (including phenoxy) is 2. The number of hydrogen-bond donors (Lipinski definition) is 2. The van der Waals surface area contributed by atoms with Crippen LogP contribution in [0, 0.1) is 5.82 Å². The van der Waals surface area contributed by atoms with Gasteiger partial charge in [-0.3, -0.25) is 0 Å². The molecule has 0 bridgehead atoms. The Kier molecular flexibility index (Phi) is 6.38. The summed E-state index contributed by atoms with van der Waals surface area (Å²) in [7, 11) is 0. The number of fused-ring (bicyclic) bond motifs is 1. The quantitative estimate of drug-likeness (QED) is 0.541. The van der Waals surface area contributed by atoms with E-state index in [2.05, 4.69) is 31.5 Å². The number of nitrogens with zero attached hydrogens (tertiary/aromatic N) is 3. The zero-order chi connectivity index (χ0) is 21.9. The Bertz CT molecular complexity index is 1100. The number of morpholine rings is 1. The minimum Gasteiger partial charge on any atom is -0.488 e. The van der Waals surface area contributed by atoms with Gasteiger partial charge in [-0.25, -0.2) is 14.4 Å². The molecule has 7 nitrogen and oxygen atoms in total. The van der Waals surface area contributed by atoms with Gasteiger partial charge in [0, 0.05) is 34.8 Å². The predicted molar refractivity (Wildman–Crippen MR) is 126 cm³/mol. The second-order valence-electron chi connectivity index (χ2n) is 7.96. The summed E-state index contributed by atoms with van der Waals surface area (Å²) < 4.78 is 27.3. The van der Waals surface area contributed by atoms with E-state index < -0.39 is 0 Å². The first-order chi connectivity index (χ1) is 15.7. The molecule has 32 heavy (non-hydrogen) atoms. The molecule has 168 valence electrons. The van der Waals surface area contributed by atoms with Gasteiger partial charge in [-0.1, -0.05) is 15.9 Å². The summed E-state index contributed by atoms with van der Waals surface area (Å²) in [6.07, 6.45) is 3.84. The third-order valence-corrected chi connectivity index (χ3v) is 6.49. The standard InChI is InChI=1S/C23H25BrFN5O2/c24-18-2-4-21(32-16-5-7-26-8-6-16)22-17(18)14-27-23(29-22)28-15-1-3-20(19(25)13-15)30-9-11-31-12-10-30/h1-4,13-14,16,26H,5-12H2,(H,27,28,29). The van der Waals surface area contributed by atoms with Crippen molar-refractivity contribution in [3.05, 3.63) is 46.8 Å². The molecule has 5 rings (SSSR count). The molecule has 0 unspecified atom stereocenters. The van der Waals surface area contributed by atoms with Gasteiger partial charge in [0.1, 0.15) is 23.2 Å². The first-order valence-corrected chi connectivity index (χ1v) is 11.7. The molecule has 0 amide bonds. The van der Waals surface area contributed by atoms with Crippen LogP contribution >= 0.6 is 15.9 Å². The average Bonchev–Trinajstić information content (AvgIpc) is 2.82. The van der Waals surface area contributed by atoms with E-state index in [0.717, 1.165) is 47.1 Å². The van der Waals surface area contributed by atoms with Crippen molar-refractivity contribution in [1.82, 2.24) is 15.3 Å². The highest BCUT2D eigenvalue weighted by Crippen LogP contribution is 2.33. The highest BCUT2D eigenvalue weighted by Gasteiger charge is 2.18. The third kappa shape index (κ3) is 4.65. The van der Waals surface area contributed by atoms with Gasteiger partial charge in [-0.15, -0.1) is 0 Å². The third-order valence-electron chi connectivity index (χ3n) is 5.80. The molecule has 3 heterocycles. The first kappa shape index (κ1) is 21.4. The largest absolute Gasteiger partial charge is 0.488 e. The number of rotatable bonds is 5. The number of aromatic nitrogens is 2. The van der Waals surface area contributed by atoms with Crippen LogP contribution in [0.5, 0.6) is 5.75 Å². The summed E-state index contributed by atoms with van der Waals surface area (Å²) in [5.74, 6) is 0.842. The van der Waals surface area contributed by atoms with Crippen molar-refractivity contribution >= 4 is 44.2 Å². The summed E-state index contributed by atoms with van der Waals surface area (Å²) in [6.45, 7) is 4.50. The number of nitrogens with one attached hydrogen (secondary N) is 2. The highest BCUT2D eigenvalue weighted by atomic mass is 79.9. The molecule has 2 aliphatic heterocycles. The van der Waals surface area contributed by atoms with Gasteiger partial charge in [0.2, 0.25) is 5.95 Å². The predicted octanol–water partition coefficient (Wildman–Crippen LogP) is 4.24. The molecule has 2 saturated heterocycles. The molecule has 0 aliphatic carbocycles. The van der Waals surface area contributed by atoms with E-state index in [1.807, 2.05) is 23.1 Å². The van der Waals surface area contributed by atoms with Gasteiger partial charge < -0.3 is 25.0 Å². The van der Waals surface area contributed by atoms with Crippen molar-refractivity contribution in [3.8, 4) is 5.75 Å². The fourth-order valence-electron chi connectivity index (χ4n) is 4.08. The number of piperidine rings is 1. The Morgan fingerprint density at radius 1 is 1.16 bits per heavy atom. The van der Waals surface area contributed by atoms with E-state index in [4.69, 9.17) is 14.5 Å². The second-order valence-corrected chi connectivity index (χ2v) is 8.81. The van der Waals surface area contributed by atoms with E-state index in [1.54, 1.807) is 12.3 Å². The van der Waals surface area contributed by atoms with Gasteiger partial charge in [0.25, 0.3) is 0 Å². The first-order valence-electron chi connectivity index (χ1n) is 10.9. The lowest BCUT2D eigenvalue weighted by molar-refractivity contribution is 0.122. The lowest BCUT2D eigenvalue weighted by Crippen LogP contribution is -2.36. The number of anilines is 3. The second kappa shape index (κ2) is 9.56. The van der Waals surface area contributed by atoms with Crippen LogP contribution < -0.4 is 20.3 Å². The molecule has 1 aromatic heterocycles. The van der Waals surface area contributed by atoms with Gasteiger partial charge >= 0.3 is 0 Å². The van der Waals surface area contributed by atoms with Gasteiger partial charge in [-0.05, 0) is 56.3 Å². The Hall–Kier alpha value is -2.49. The van der Waals surface area contributed by atoms with Crippen molar-refractivity contribution in [2.75, 3.05) is 49.6 Å². The summed E-state index contributed by atoms with van der Waals surface area (Å²) in [6, 6.07) is 8.99. The van der Waals surface area contributed by atoms with Crippen molar-refractivity contribution in [2.45, 2.75) is 18.9 Å². The molecule has 2 N–H and O–H groups in total. The molecule has 0 atom stereocenters. The molecule has 0 radical (unpaired) electrons. The maximum Gasteiger partial charge on any atom is 0.227 e. The van der Waals surface area contributed by atoms with Crippen molar-refractivity contribution < 1.29 is 13.9 Å². The van der Waals surface area contributed by atoms with Crippen molar-refractivity contribution in [3.63, 3.8) is 0 Å². The molecule has 2 aromatic carbocycles. The summed E-state index contributed by atoms with van der Waals surface area (Å²) in [5, 5.41) is 7.35. The topological polar surface area (TPSA) is 71.5 Å². The zero-order valence-electron chi connectivity index (χ0n) is 17.6. The van der Waals surface area contributed by atoms with Crippen LogP contribution in [0.1, 0.15) is 12.8 Å². The number of benzene rings is 2. The number of halogens is 2. The Balaban J connectivity index is 1.39. The molecule has 9 heteroatoms. The lowest BCUT2D eigenvalue weighted by atomic mass is 10.1. The van der Waals surface area contributed by atoms with Gasteiger partial charge in [0.15, 0.2) is 0 Å². The molecular formula is C23H25BrFN5O2. The Labute approximate surface area is 194 Å². The monoisotopic (exact) mass is 501 g/mol. The van der Waals surface area contributed by atoms with Crippen LogP contribution in [-0.2, 0) is 4.74 Å². The minimum atomic E-state index is -0.282. The highest BCUT2D eigenvalue weighted by molar-refractivity contribution is 9.10. The van der Waals surface area contributed by atoms with E-state index in [-0.39, 0.29) is 11.9 Å². The minimum absolute atomic E-state index is 0.161. The molecule has 0 spiro atoms. The van der Waals surface area contributed by atoms with E-state index in [0.29, 0.717) is 43.6 Å². The van der Waals surface area contributed by atoms with Crippen LogP contribution in [0.25, 0.3) is 10.9 Å². The Morgan fingerprint density at radius 2 is 1.97 bits per heavy atom. The van der Waals surface area contributed by atoms with E-state index in [1.165, 1.54) is 6.07 Å². The van der Waals surface area contributed by atoms with Crippen LogP contribution in [0.2, 0.25) is 0 Å². The summed E-state index contributed by atoms with van der Waals surface area (Å²) in [5.41, 5.74) is 1.90. The smallest absolute Gasteiger partial charge is 0.227 e. The van der Waals surface area contributed by atoms with Crippen LogP contribution in [0.4, 0.5) is 21.7 Å². The van der Waals surface area contributed by atoms with Gasteiger partial charge in [0.05, 0.1) is 18.9 Å². The fourth-order valence-corrected chi connectivity index (χ4v) is 4.51. The molecular weight excluding hydrogens is 477 g/mol. The lowest BCUT2D eigenvalue weighted by Gasteiger charge is -2.29. The number of hydrogen-bond acceptors (Lipinski definition) is 7. The van der Waals surface area contributed by atoms with E-state index in [9.17, 15) is 4.39 Å². The average molecular weight is 502 g/mol. The SMILES string of the molecule is Fc1cc(Nc2ncc3c(Br)ccc(OC4CCNCC4)c3n2)ccc1N1CCOCC1. The normalized spacial score (nSPS) is 17.5. The van der Waals surface area contributed by atoms with Crippen LogP contribution in [0.15, 0.2) is 41.0 Å². The summed E-state index contributed by atoms with van der Waals surface area (Å²) in [4.78, 5) is 11.1. The van der Waals surface area contributed by atoms with Gasteiger partial charge in [-0.2, -0.15) is 0 Å².